The molecule has 0 saturated heterocycles. The Bertz CT molecular complexity index is 335. The fourth-order valence-corrected chi connectivity index (χ4v) is 2.42. The van der Waals surface area contributed by atoms with E-state index in [1.165, 1.54) is 17.6 Å². The number of allylic oxidation sites excluding steroid dienone is 3. The standard InChI is InChI=1S/C15H27N.2Li.2H/c1-10-11(2)13(4)14(12(10)3)8-9-16-15(5,6)7;;;;/h12,16H,8-9H2,1-7H3;;;;. The third-order valence-electron chi connectivity index (χ3n) is 3.86. The first-order valence-corrected chi connectivity index (χ1v) is 6.36. The molecule has 0 aromatic heterocycles. The van der Waals surface area contributed by atoms with Crippen LogP contribution in [0.5, 0.6) is 0 Å². The molecule has 1 rings (SSSR count). The molecular formula is C15H29Li2N. The van der Waals surface area contributed by atoms with E-state index < -0.39 is 0 Å². The van der Waals surface area contributed by atoms with Crippen LogP contribution in [0.4, 0.5) is 0 Å². The number of hydrogen-bond donors (Lipinski definition) is 1. The zero-order chi connectivity index (χ0) is 12.5. The summed E-state index contributed by atoms with van der Waals surface area (Å²) in [6.45, 7) is 16.9. The SMILES string of the molecule is CC1=C(C)C(C)C(CCNC(C)(C)C)=C1C.[LiH].[LiH]. The second-order valence-electron chi connectivity index (χ2n) is 6.11. The topological polar surface area (TPSA) is 12.0 Å². The average Bonchev–Trinajstić information content (AvgIpc) is 2.33. The summed E-state index contributed by atoms with van der Waals surface area (Å²) in [4.78, 5) is 0. The van der Waals surface area contributed by atoms with E-state index in [1.807, 2.05) is 0 Å². The first-order chi connectivity index (χ1) is 7.24. The predicted molar refractivity (Wildman–Crippen MR) is 86.9 cm³/mol. The van der Waals surface area contributed by atoms with Crippen LogP contribution in [0.2, 0.25) is 0 Å². The van der Waals surface area contributed by atoms with Crippen molar-refractivity contribution in [1.82, 2.24) is 5.32 Å². The monoisotopic (exact) mass is 237 g/mol. The molecule has 1 atom stereocenters. The predicted octanol–water partition coefficient (Wildman–Crippen LogP) is 2.77. The summed E-state index contributed by atoms with van der Waals surface area (Å²) < 4.78 is 0. The summed E-state index contributed by atoms with van der Waals surface area (Å²) in [5.74, 6) is 0.654. The van der Waals surface area contributed by atoms with Gasteiger partial charge < -0.3 is 5.32 Å². The molecule has 3 heteroatoms. The Kier molecular flexibility index (Phi) is 9.36. The first-order valence-electron chi connectivity index (χ1n) is 6.36. The van der Waals surface area contributed by atoms with Gasteiger partial charge >= 0.3 is 37.7 Å². The number of nitrogens with one attached hydrogen (secondary N) is 1. The van der Waals surface area contributed by atoms with Crippen LogP contribution in [0.25, 0.3) is 0 Å². The molecule has 1 aliphatic carbocycles. The van der Waals surface area contributed by atoms with Crippen molar-refractivity contribution in [2.45, 2.75) is 60.4 Å². The van der Waals surface area contributed by atoms with Crippen molar-refractivity contribution in [3.63, 3.8) is 0 Å². The van der Waals surface area contributed by atoms with Crippen molar-refractivity contribution in [3.05, 3.63) is 22.3 Å². The minimum atomic E-state index is 0. The van der Waals surface area contributed by atoms with Crippen LogP contribution >= 0.6 is 0 Å². The first kappa shape index (κ1) is 20.9. The van der Waals surface area contributed by atoms with Gasteiger partial charge in [-0.1, -0.05) is 18.1 Å². The molecule has 1 N–H and O–H groups in total. The molecule has 0 amide bonds. The molecular weight excluding hydrogens is 208 g/mol. The van der Waals surface area contributed by atoms with Crippen molar-refractivity contribution in [3.8, 4) is 0 Å². The van der Waals surface area contributed by atoms with E-state index in [0.29, 0.717) is 5.92 Å². The van der Waals surface area contributed by atoms with Gasteiger partial charge in [0.2, 0.25) is 0 Å². The van der Waals surface area contributed by atoms with Crippen LogP contribution in [0, 0.1) is 5.92 Å². The molecule has 0 aromatic rings. The van der Waals surface area contributed by atoms with Crippen LogP contribution in [-0.2, 0) is 0 Å². The summed E-state index contributed by atoms with van der Waals surface area (Å²) in [5.41, 5.74) is 6.46. The summed E-state index contributed by atoms with van der Waals surface area (Å²) >= 11 is 0. The van der Waals surface area contributed by atoms with Gasteiger partial charge in [0.15, 0.2) is 0 Å². The normalized spacial score (nSPS) is 19.8. The van der Waals surface area contributed by atoms with Crippen LogP contribution in [-0.4, -0.2) is 49.8 Å². The summed E-state index contributed by atoms with van der Waals surface area (Å²) in [5, 5.41) is 3.57. The Balaban J connectivity index is 0. The van der Waals surface area contributed by atoms with Gasteiger partial charge in [-0.2, -0.15) is 0 Å². The van der Waals surface area contributed by atoms with Crippen LogP contribution in [0.15, 0.2) is 22.3 Å². The molecule has 1 aliphatic rings. The van der Waals surface area contributed by atoms with Gasteiger partial charge in [-0.25, -0.2) is 0 Å². The second kappa shape index (κ2) is 8.04. The third-order valence-corrected chi connectivity index (χ3v) is 3.86. The molecule has 0 spiro atoms. The van der Waals surface area contributed by atoms with E-state index in [2.05, 4.69) is 53.8 Å². The van der Waals surface area contributed by atoms with Gasteiger partial charge in [-0.05, 0) is 71.6 Å². The van der Waals surface area contributed by atoms with E-state index in [-0.39, 0.29) is 43.3 Å². The number of hydrogen-bond acceptors (Lipinski definition) is 1. The summed E-state index contributed by atoms with van der Waals surface area (Å²) in [7, 11) is 0. The van der Waals surface area contributed by atoms with Crippen molar-refractivity contribution >= 4 is 37.7 Å². The molecule has 1 nitrogen and oxygen atoms in total. The van der Waals surface area contributed by atoms with Gasteiger partial charge in [-0.3, -0.25) is 0 Å². The van der Waals surface area contributed by atoms with E-state index in [4.69, 9.17) is 0 Å². The Hall–Kier alpha value is 0.635. The van der Waals surface area contributed by atoms with Crippen molar-refractivity contribution < 1.29 is 0 Å². The van der Waals surface area contributed by atoms with Crippen LogP contribution < -0.4 is 5.32 Å². The zero-order valence-electron chi connectivity index (χ0n) is 12.0. The fraction of sp³-hybridized carbons (Fsp3) is 0.733. The quantitative estimate of drug-likeness (QED) is 0.744. The third kappa shape index (κ3) is 5.32. The maximum atomic E-state index is 3.57. The van der Waals surface area contributed by atoms with Crippen LogP contribution in [0.1, 0.15) is 54.9 Å². The Morgan fingerprint density at radius 1 is 1.00 bits per heavy atom. The molecule has 1 unspecified atom stereocenters. The molecule has 96 valence electrons. The van der Waals surface area contributed by atoms with E-state index in [9.17, 15) is 0 Å². The molecule has 18 heavy (non-hydrogen) atoms. The van der Waals surface area contributed by atoms with E-state index >= 15 is 0 Å². The minimum absolute atomic E-state index is 0. The Morgan fingerprint density at radius 2 is 1.50 bits per heavy atom. The molecule has 0 saturated carbocycles. The van der Waals surface area contributed by atoms with Crippen LogP contribution in [0.3, 0.4) is 0 Å². The molecule has 0 heterocycles. The van der Waals surface area contributed by atoms with Gasteiger partial charge in [0, 0.05) is 5.54 Å². The Morgan fingerprint density at radius 3 is 1.83 bits per heavy atom. The average molecular weight is 237 g/mol. The Labute approximate surface area is 138 Å². The maximum absolute atomic E-state index is 3.57. The van der Waals surface area contributed by atoms with Gasteiger partial charge in [0.25, 0.3) is 0 Å². The molecule has 0 aliphatic heterocycles. The zero-order valence-corrected chi connectivity index (χ0v) is 12.0. The van der Waals surface area contributed by atoms with Gasteiger partial charge in [0.05, 0.1) is 0 Å². The summed E-state index contributed by atoms with van der Waals surface area (Å²) in [6, 6.07) is 0. The molecule has 0 bridgehead atoms. The van der Waals surface area contributed by atoms with E-state index in [1.54, 1.807) is 11.1 Å². The van der Waals surface area contributed by atoms with E-state index in [0.717, 1.165) is 6.54 Å². The van der Waals surface area contributed by atoms with Crippen molar-refractivity contribution in [2.75, 3.05) is 6.54 Å². The molecule has 0 fully saturated rings. The summed E-state index contributed by atoms with van der Waals surface area (Å²) in [6.07, 6.45) is 1.18. The van der Waals surface area contributed by atoms with Gasteiger partial charge in [-0.15, -0.1) is 0 Å². The molecule has 0 aromatic carbocycles. The fourth-order valence-electron chi connectivity index (χ4n) is 2.42. The van der Waals surface area contributed by atoms with Crippen molar-refractivity contribution in [2.24, 2.45) is 5.92 Å². The second-order valence-corrected chi connectivity index (χ2v) is 6.11. The van der Waals surface area contributed by atoms with Crippen molar-refractivity contribution in [1.29, 1.82) is 0 Å². The molecule has 0 radical (unpaired) electrons. The number of rotatable bonds is 3. The van der Waals surface area contributed by atoms with Gasteiger partial charge in [0.1, 0.15) is 0 Å².